The van der Waals surface area contributed by atoms with Crippen molar-refractivity contribution in [3.8, 4) is 0 Å². The van der Waals surface area contributed by atoms with Gasteiger partial charge in [0.2, 0.25) is 5.91 Å². The molecule has 4 nitrogen and oxygen atoms in total. The van der Waals surface area contributed by atoms with E-state index in [1.54, 1.807) is 23.2 Å². The second-order valence-corrected chi connectivity index (χ2v) is 5.84. The molecule has 0 N–H and O–H groups in total. The maximum absolute atomic E-state index is 11.9. The molecule has 0 saturated carbocycles. The van der Waals surface area contributed by atoms with Crippen LogP contribution in [0.2, 0.25) is 0 Å². The third kappa shape index (κ3) is 1.38. The Morgan fingerprint density at radius 1 is 1.47 bits per heavy atom. The molecule has 2 aromatic heterocycles. The Labute approximate surface area is 103 Å². The molecule has 0 atom stereocenters. The van der Waals surface area contributed by atoms with Crippen LogP contribution in [-0.2, 0) is 11.2 Å². The minimum atomic E-state index is -0.221. The summed E-state index contributed by atoms with van der Waals surface area (Å²) >= 11 is 1.62. The number of rotatable bonds is 0. The van der Waals surface area contributed by atoms with Gasteiger partial charge in [0.25, 0.3) is 0 Å². The van der Waals surface area contributed by atoms with E-state index in [9.17, 15) is 4.79 Å². The molecular formula is C12H13N3OS. The van der Waals surface area contributed by atoms with E-state index in [2.05, 4.69) is 29.2 Å². The molecule has 0 aliphatic carbocycles. The predicted octanol–water partition coefficient (Wildman–Crippen LogP) is 2.38. The van der Waals surface area contributed by atoms with Gasteiger partial charge in [-0.1, -0.05) is 0 Å². The highest BCUT2D eigenvalue weighted by Gasteiger charge is 2.38. The molecule has 1 aliphatic heterocycles. The highest BCUT2D eigenvalue weighted by molar-refractivity contribution is 7.17. The fourth-order valence-electron chi connectivity index (χ4n) is 2.62. The SMILES string of the molecule is CC(=O)N1c2ncnc3scc(c23)CC1(C)C. The van der Waals surface area contributed by atoms with Crippen LogP contribution in [0, 0.1) is 0 Å². The molecule has 0 unspecified atom stereocenters. The zero-order valence-electron chi connectivity index (χ0n) is 10.0. The van der Waals surface area contributed by atoms with Crippen LogP contribution in [0.3, 0.4) is 0 Å². The summed E-state index contributed by atoms with van der Waals surface area (Å²) in [7, 11) is 0. The summed E-state index contributed by atoms with van der Waals surface area (Å²) in [5, 5.41) is 3.18. The summed E-state index contributed by atoms with van der Waals surface area (Å²) in [6, 6.07) is 0. The van der Waals surface area contributed by atoms with Crippen LogP contribution in [0.15, 0.2) is 11.7 Å². The number of nitrogens with zero attached hydrogens (tertiary/aromatic N) is 3. The lowest BCUT2D eigenvalue weighted by molar-refractivity contribution is -0.117. The van der Waals surface area contributed by atoms with Gasteiger partial charge >= 0.3 is 0 Å². The van der Waals surface area contributed by atoms with Gasteiger partial charge in [-0.05, 0) is 31.2 Å². The molecule has 0 bridgehead atoms. The van der Waals surface area contributed by atoms with Crippen molar-refractivity contribution < 1.29 is 4.79 Å². The van der Waals surface area contributed by atoms with Crippen LogP contribution < -0.4 is 4.90 Å². The van der Waals surface area contributed by atoms with E-state index in [0.717, 1.165) is 22.5 Å². The first-order chi connectivity index (χ1) is 8.00. The monoisotopic (exact) mass is 247 g/mol. The number of anilines is 1. The van der Waals surface area contributed by atoms with Crippen LogP contribution >= 0.6 is 11.3 Å². The van der Waals surface area contributed by atoms with Crippen LogP contribution in [0.1, 0.15) is 26.3 Å². The summed E-state index contributed by atoms with van der Waals surface area (Å²) in [5.41, 5.74) is 1.03. The Bertz CT molecular complexity index is 617. The van der Waals surface area contributed by atoms with Crippen molar-refractivity contribution in [2.45, 2.75) is 32.7 Å². The molecule has 0 fully saturated rings. The van der Waals surface area contributed by atoms with Crippen molar-refractivity contribution in [3.05, 3.63) is 17.3 Å². The van der Waals surface area contributed by atoms with Crippen LogP contribution in [0.5, 0.6) is 0 Å². The number of aromatic nitrogens is 2. The summed E-state index contributed by atoms with van der Waals surface area (Å²) < 4.78 is 0. The standard InChI is InChI=1S/C12H13N3OS/c1-7(16)15-10-9-8(4-12(15,2)3)5-17-11(9)14-6-13-10/h5-6H,4H2,1-3H3. The van der Waals surface area contributed by atoms with Crippen molar-refractivity contribution in [2.24, 2.45) is 0 Å². The second kappa shape index (κ2) is 3.26. The topological polar surface area (TPSA) is 46.1 Å². The van der Waals surface area contributed by atoms with E-state index in [4.69, 9.17) is 0 Å². The number of carbonyl (C=O) groups is 1. The van der Waals surface area contributed by atoms with Crippen molar-refractivity contribution >= 4 is 33.3 Å². The molecule has 1 aliphatic rings. The smallest absolute Gasteiger partial charge is 0.225 e. The van der Waals surface area contributed by atoms with Gasteiger partial charge in [0.1, 0.15) is 17.0 Å². The first-order valence-electron chi connectivity index (χ1n) is 5.52. The minimum Gasteiger partial charge on any atom is -0.290 e. The first-order valence-corrected chi connectivity index (χ1v) is 6.40. The summed E-state index contributed by atoms with van der Waals surface area (Å²) in [5.74, 6) is 0.793. The van der Waals surface area contributed by atoms with Gasteiger partial charge in [-0.3, -0.25) is 9.69 Å². The van der Waals surface area contributed by atoms with E-state index in [-0.39, 0.29) is 11.4 Å². The van der Waals surface area contributed by atoms with Crippen molar-refractivity contribution in [1.29, 1.82) is 0 Å². The summed E-state index contributed by atoms with van der Waals surface area (Å²) in [6.07, 6.45) is 2.39. The molecule has 3 rings (SSSR count). The molecule has 5 heteroatoms. The summed E-state index contributed by atoms with van der Waals surface area (Å²) in [4.78, 5) is 23.2. The lowest BCUT2D eigenvalue weighted by atomic mass is 9.89. The van der Waals surface area contributed by atoms with E-state index < -0.39 is 0 Å². The molecule has 0 aromatic carbocycles. The third-order valence-electron chi connectivity index (χ3n) is 3.18. The number of thiophene rings is 1. The second-order valence-electron chi connectivity index (χ2n) is 4.98. The van der Waals surface area contributed by atoms with E-state index in [1.807, 2.05) is 0 Å². The van der Waals surface area contributed by atoms with Crippen LogP contribution in [0.4, 0.5) is 5.82 Å². The van der Waals surface area contributed by atoms with Crippen molar-refractivity contribution in [1.82, 2.24) is 9.97 Å². The van der Waals surface area contributed by atoms with Gasteiger partial charge in [0.05, 0.1) is 5.39 Å². The number of carbonyl (C=O) groups excluding carboxylic acids is 1. The molecule has 88 valence electrons. The molecule has 2 aromatic rings. The highest BCUT2D eigenvalue weighted by Crippen LogP contribution is 2.41. The largest absolute Gasteiger partial charge is 0.290 e. The fourth-order valence-corrected chi connectivity index (χ4v) is 3.53. The van der Waals surface area contributed by atoms with Gasteiger partial charge in [-0.2, -0.15) is 0 Å². The Kier molecular flexibility index (Phi) is 2.04. The summed E-state index contributed by atoms with van der Waals surface area (Å²) in [6.45, 7) is 5.74. The van der Waals surface area contributed by atoms with Crippen LogP contribution in [0.25, 0.3) is 10.2 Å². The van der Waals surface area contributed by atoms with Gasteiger partial charge < -0.3 is 0 Å². The Hall–Kier alpha value is -1.49. The molecule has 3 heterocycles. The minimum absolute atomic E-state index is 0.0341. The number of hydrogen-bond donors (Lipinski definition) is 0. The van der Waals surface area contributed by atoms with E-state index in [1.165, 1.54) is 11.9 Å². The number of amides is 1. The molecule has 1 amide bonds. The van der Waals surface area contributed by atoms with Gasteiger partial charge in [0, 0.05) is 12.5 Å². The van der Waals surface area contributed by atoms with Crippen LogP contribution in [-0.4, -0.2) is 21.4 Å². The Morgan fingerprint density at radius 2 is 2.24 bits per heavy atom. The molecule has 0 spiro atoms. The van der Waals surface area contributed by atoms with E-state index in [0.29, 0.717) is 0 Å². The molecular weight excluding hydrogens is 234 g/mol. The lowest BCUT2D eigenvalue weighted by Crippen LogP contribution is -2.50. The molecule has 17 heavy (non-hydrogen) atoms. The highest BCUT2D eigenvalue weighted by atomic mass is 32.1. The first kappa shape index (κ1) is 10.7. The average Bonchev–Trinajstić information content (AvgIpc) is 2.60. The predicted molar refractivity (Wildman–Crippen MR) is 68.4 cm³/mol. The van der Waals surface area contributed by atoms with Gasteiger partial charge in [0.15, 0.2) is 0 Å². The lowest BCUT2D eigenvalue weighted by Gasteiger charge is -2.40. The van der Waals surface area contributed by atoms with Gasteiger partial charge in [-0.15, -0.1) is 11.3 Å². The molecule has 0 radical (unpaired) electrons. The van der Waals surface area contributed by atoms with Gasteiger partial charge in [-0.25, -0.2) is 9.97 Å². The normalized spacial score (nSPS) is 17.5. The van der Waals surface area contributed by atoms with Crippen molar-refractivity contribution in [3.63, 3.8) is 0 Å². The maximum atomic E-state index is 11.9. The third-order valence-corrected chi connectivity index (χ3v) is 4.12. The quantitative estimate of drug-likeness (QED) is 0.718. The zero-order valence-corrected chi connectivity index (χ0v) is 10.8. The maximum Gasteiger partial charge on any atom is 0.225 e. The average molecular weight is 247 g/mol. The fraction of sp³-hybridized carbons (Fsp3) is 0.417. The Balaban J connectivity index is 2.36. The number of hydrogen-bond acceptors (Lipinski definition) is 4. The zero-order chi connectivity index (χ0) is 12.2. The van der Waals surface area contributed by atoms with E-state index >= 15 is 0 Å². The molecule has 0 saturated heterocycles. The van der Waals surface area contributed by atoms with Crippen molar-refractivity contribution in [2.75, 3.05) is 4.90 Å². The Morgan fingerprint density at radius 3 is 2.94 bits per heavy atom.